The molecule has 0 aromatic carbocycles. The van der Waals surface area contributed by atoms with Gasteiger partial charge in [0.2, 0.25) is 5.91 Å². The molecule has 3 rings (SSSR count). The Bertz CT molecular complexity index is 560. The number of hydrogen-bond donors (Lipinski definition) is 0. The van der Waals surface area contributed by atoms with Gasteiger partial charge in [0.25, 0.3) is 5.91 Å². The molecule has 1 atom stereocenters. The first kappa shape index (κ1) is 17.0. The number of hydrogen-bond acceptors (Lipinski definition) is 5. The molecule has 0 spiro atoms. The van der Waals surface area contributed by atoms with Gasteiger partial charge in [-0.05, 0) is 25.0 Å². The largest absolute Gasteiger partial charge is 0.459 e. The molecule has 1 aromatic rings. The van der Waals surface area contributed by atoms with Crippen LogP contribution in [-0.4, -0.2) is 85.5 Å². The minimum atomic E-state index is -0.0682. The third-order valence-electron chi connectivity index (χ3n) is 4.82. The monoisotopic (exact) mass is 335 g/mol. The molecular formula is C17H25N3O4. The van der Waals surface area contributed by atoms with Crippen LogP contribution in [0.1, 0.15) is 23.4 Å². The molecule has 1 aromatic heterocycles. The maximum Gasteiger partial charge on any atom is 0.289 e. The molecule has 7 nitrogen and oxygen atoms in total. The highest BCUT2D eigenvalue weighted by atomic mass is 16.5. The van der Waals surface area contributed by atoms with Crippen molar-refractivity contribution in [1.29, 1.82) is 0 Å². The van der Waals surface area contributed by atoms with E-state index >= 15 is 0 Å². The van der Waals surface area contributed by atoms with Gasteiger partial charge in [0.1, 0.15) is 0 Å². The Hall–Kier alpha value is -1.86. The van der Waals surface area contributed by atoms with Gasteiger partial charge in [0.05, 0.1) is 18.9 Å². The fourth-order valence-corrected chi connectivity index (χ4v) is 3.49. The van der Waals surface area contributed by atoms with Gasteiger partial charge in [-0.25, -0.2) is 0 Å². The van der Waals surface area contributed by atoms with Gasteiger partial charge < -0.3 is 19.0 Å². The Morgan fingerprint density at radius 1 is 1.29 bits per heavy atom. The van der Waals surface area contributed by atoms with E-state index in [1.165, 1.54) is 6.26 Å². The van der Waals surface area contributed by atoms with Crippen LogP contribution in [-0.2, 0) is 9.53 Å². The van der Waals surface area contributed by atoms with E-state index in [9.17, 15) is 9.59 Å². The number of rotatable bonds is 5. The highest BCUT2D eigenvalue weighted by Gasteiger charge is 2.36. The Labute approximate surface area is 142 Å². The first-order chi connectivity index (χ1) is 11.7. The predicted molar refractivity (Wildman–Crippen MR) is 87.7 cm³/mol. The number of amides is 2. The second kappa shape index (κ2) is 7.81. The molecule has 7 heteroatoms. The van der Waals surface area contributed by atoms with Gasteiger partial charge in [-0.3, -0.25) is 14.5 Å². The maximum absolute atomic E-state index is 12.6. The molecule has 132 valence electrons. The summed E-state index contributed by atoms with van der Waals surface area (Å²) in [6.45, 7) is 4.91. The van der Waals surface area contributed by atoms with E-state index in [4.69, 9.17) is 9.15 Å². The van der Waals surface area contributed by atoms with Crippen LogP contribution >= 0.6 is 0 Å². The molecule has 3 heterocycles. The van der Waals surface area contributed by atoms with Gasteiger partial charge in [0.15, 0.2) is 5.76 Å². The molecule has 2 fully saturated rings. The van der Waals surface area contributed by atoms with Crippen molar-refractivity contribution < 1.29 is 18.7 Å². The van der Waals surface area contributed by atoms with Crippen LogP contribution in [0.2, 0.25) is 0 Å². The third-order valence-corrected chi connectivity index (χ3v) is 4.82. The Morgan fingerprint density at radius 3 is 2.92 bits per heavy atom. The standard InChI is InChI=1S/C17H25N3O4/c1-23-13-11-20-8-5-14(16(20)21)18-6-3-7-19(10-9-18)17(22)15-4-2-12-24-15/h2,4,12,14H,3,5-11,13H2,1H3/t14-/m0/s1. The fourth-order valence-electron chi connectivity index (χ4n) is 3.49. The Balaban J connectivity index is 1.56. The topological polar surface area (TPSA) is 66.2 Å². The molecule has 2 aliphatic rings. The summed E-state index contributed by atoms with van der Waals surface area (Å²) in [5.74, 6) is 0.505. The zero-order valence-corrected chi connectivity index (χ0v) is 14.1. The Morgan fingerprint density at radius 2 is 2.17 bits per heavy atom. The van der Waals surface area contributed by atoms with Crippen LogP contribution in [0.4, 0.5) is 0 Å². The van der Waals surface area contributed by atoms with E-state index in [0.717, 1.165) is 32.5 Å². The fraction of sp³-hybridized carbons (Fsp3) is 0.647. The zero-order chi connectivity index (χ0) is 16.9. The highest BCUT2D eigenvalue weighted by Crippen LogP contribution is 2.19. The maximum atomic E-state index is 12.6. The smallest absolute Gasteiger partial charge is 0.289 e. The molecule has 0 aliphatic carbocycles. The summed E-state index contributed by atoms with van der Waals surface area (Å²) in [5.41, 5.74) is 0. The SMILES string of the molecule is COCCN1CC[C@H](N2CCCN(C(=O)c3ccco3)CC2)C1=O. The number of carbonyl (C=O) groups is 2. The average Bonchev–Trinajstić information content (AvgIpc) is 3.17. The van der Waals surface area contributed by atoms with Gasteiger partial charge in [-0.15, -0.1) is 0 Å². The van der Waals surface area contributed by atoms with Crippen molar-refractivity contribution >= 4 is 11.8 Å². The summed E-state index contributed by atoms with van der Waals surface area (Å²) < 4.78 is 10.3. The van der Waals surface area contributed by atoms with Gasteiger partial charge in [-0.2, -0.15) is 0 Å². The lowest BCUT2D eigenvalue weighted by Gasteiger charge is -2.26. The molecule has 0 radical (unpaired) electrons. The van der Waals surface area contributed by atoms with Crippen molar-refractivity contribution in [3.63, 3.8) is 0 Å². The first-order valence-electron chi connectivity index (χ1n) is 8.55. The first-order valence-corrected chi connectivity index (χ1v) is 8.55. The summed E-state index contributed by atoms with van der Waals surface area (Å²) in [4.78, 5) is 30.9. The normalized spacial score (nSPS) is 22.9. The molecular weight excluding hydrogens is 310 g/mol. The lowest BCUT2D eigenvalue weighted by Crippen LogP contribution is -2.44. The Kier molecular flexibility index (Phi) is 5.52. The van der Waals surface area contributed by atoms with Crippen molar-refractivity contribution in [2.45, 2.75) is 18.9 Å². The number of methoxy groups -OCH3 is 1. The molecule has 0 unspecified atom stereocenters. The molecule has 2 aliphatic heterocycles. The van der Waals surface area contributed by atoms with E-state index < -0.39 is 0 Å². The third kappa shape index (κ3) is 3.62. The molecule has 0 N–H and O–H groups in total. The number of ether oxygens (including phenoxy) is 1. The van der Waals surface area contributed by atoms with Crippen molar-refractivity contribution in [1.82, 2.24) is 14.7 Å². The van der Waals surface area contributed by atoms with Gasteiger partial charge in [0, 0.05) is 46.4 Å². The predicted octanol–water partition coefficient (Wildman–Crippen LogP) is 0.675. The van der Waals surface area contributed by atoms with E-state index in [-0.39, 0.29) is 17.9 Å². The van der Waals surface area contributed by atoms with E-state index in [1.54, 1.807) is 19.2 Å². The van der Waals surface area contributed by atoms with Crippen LogP contribution in [0.3, 0.4) is 0 Å². The summed E-state index contributed by atoms with van der Waals surface area (Å²) in [5, 5.41) is 0. The summed E-state index contributed by atoms with van der Waals surface area (Å²) in [6, 6.07) is 3.36. The van der Waals surface area contributed by atoms with Crippen molar-refractivity contribution in [2.75, 3.05) is 53.0 Å². The quantitative estimate of drug-likeness (QED) is 0.791. The lowest BCUT2D eigenvalue weighted by molar-refractivity contribution is -0.132. The van der Waals surface area contributed by atoms with E-state index in [0.29, 0.717) is 32.0 Å². The zero-order valence-electron chi connectivity index (χ0n) is 14.1. The second-order valence-electron chi connectivity index (χ2n) is 6.28. The van der Waals surface area contributed by atoms with Gasteiger partial charge >= 0.3 is 0 Å². The van der Waals surface area contributed by atoms with E-state index in [1.807, 2.05) is 9.80 Å². The summed E-state index contributed by atoms with van der Waals surface area (Å²) >= 11 is 0. The number of nitrogens with zero attached hydrogens (tertiary/aromatic N) is 3. The molecule has 2 amide bonds. The number of carbonyl (C=O) groups excluding carboxylic acids is 2. The number of likely N-dealkylation sites (tertiary alicyclic amines) is 1. The minimum Gasteiger partial charge on any atom is -0.459 e. The molecule has 24 heavy (non-hydrogen) atoms. The van der Waals surface area contributed by atoms with Crippen molar-refractivity contribution in [2.24, 2.45) is 0 Å². The van der Waals surface area contributed by atoms with Crippen LogP contribution < -0.4 is 0 Å². The lowest BCUT2D eigenvalue weighted by atomic mass is 10.2. The number of furan rings is 1. The minimum absolute atomic E-state index is 0.0551. The van der Waals surface area contributed by atoms with E-state index in [2.05, 4.69) is 4.90 Å². The highest BCUT2D eigenvalue weighted by molar-refractivity contribution is 5.91. The van der Waals surface area contributed by atoms with Crippen molar-refractivity contribution in [3.8, 4) is 0 Å². The molecule has 0 saturated carbocycles. The van der Waals surface area contributed by atoms with Crippen LogP contribution in [0.15, 0.2) is 22.8 Å². The van der Waals surface area contributed by atoms with Gasteiger partial charge in [-0.1, -0.05) is 0 Å². The summed E-state index contributed by atoms with van der Waals surface area (Å²) in [6.07, 6.45) is 3.24. The van der Waals surface area contributed by atoms with Crippen LogP contribution in [0, 0.1) is 0 Å². The second-order valence-corrected chi connectivity index (χ2v) is 6.28. The average molecular weight is 335 g/mol. The molecule has 0 bridgehead atoms. The summed E-state index contributed by atoms with van der Waals surface area (Å²) in [7, 11) is 1.65. The van der Waals surface area contributed by atoms with Crippen LogP contribution in [0.25, 0.3) is 0 Å². The van der Waals surface area contributed by atoms with Crippen LogP contribution in [0.5, 0.6) is 0 Å². The molecule has 2 saturated heterocycles. The van der Waals surface area contributed by atoms with Crippen molar-refractivity contribution in [3.05, 3.63) is 24.2 Å².